The summed E-state index contributed by atoms with van der Waals surface area (Å²) in [5.41, 5.74) is 0. The lowest BCUT2D eigenvalue weighted by atomic mass is 10.3. The maximum atomic E-state index is 4.61. The highest BCUT2D eigenvalue weighted by atomic mass is 15.4. The lowest BCUT2D eigenvalue weighted by Crippen LogP contribution is -2.46. The molecule has 0 spiro atoms. The third kappa shape index (κ3) is 3.16. The molecule has 3 rings (SSSR count). The predicted molar refractivity (Wildman–Crippen MR) is 84.9 cm³/mol. The van der Waals surface area contributed by atoms with Gasteiger partial charge in [-0.2, -0.15) is 10.1 Å². The van der Waals surface area contributed by atoms with Crippen LogP contribution >= 0.6 is 0 Å². The zero-order chi connectivity index (χ0) is 15.5. The second-order valence-electron chi connectivity index (χ2n) is 5.67. The smallest absolute Gasteiger partial charge is 0.227 e. The first-order valence-corrected chi connectivity index (χ1v) is 7.44. The molecule has 0 amide bonds. The van der Waals surface area contributed by atoms with Gasteiger partial charge in [0.2, 0.25) is 5.95 Å². The zero-order valence-corrected chi connectivity index (χ0v) is 13.3. The molecule has 1 aliphatic rings. The molecule has 1 saturated heterocycles. The molecule has 8 nitrogen and oxygen atoms in total. The number of nitrogens with zero attached hydrogens (tertiary/aromatic N) is 8. The molecule has 22 heavy (non-hydrogen) atoms. The van der Waals surface area contributed by atoms with Crippen molar-refractivity contribution in [3.63, 3.8) is 0 Å². The predicted octanol–water partition coefficient (Wildman–Crippen LogP) is -0.00670. The van der Waals surface area contributed by atoms with Gasteiger partial charge >= 0.3 is 0 Å². The summed E-state index contributed by atoms with van der Waals surface area (Å²) < 4.78 is 1.83. The normalized spacial score (nSPS) is 16.0. The number of anilines is 2. The fraction of sp³-hybridized carbons (Fsp3) is 0.571. The van der Waals surface area contributed by atoms with Crippen LogP contribution in [0.2, 0.25) is 0 Å². The van der Waals surface area contributed by atoms with Crippen LogP contribution < -0.4 is 9.80 Å². The van der Waals surface area contributed by atoms with E-state index in [-0.39, 0.29) is 0 Å². The van der Waals surface area contributed by atoms with Crippen LogP contribution in [0.4, 0.5) is 11.8 Å². The van der Waals surface area contributed by atoms with Gasteiger partial charge in [0.1, 0.15) is 18.0 Å². The summed E-state index contributed by atoms with van der Waals surface area (Å²) in [6.45, 7) is 4.64. The number of hydrogen-bond donors (Lipinski definition) is 0. The van der Waals surface area contributed by atoms with Crippen molar-refractivity contribution in [1.82, 2.24) is 29.6 Å². The van der Waals surface area contributed by atoms with E-state index in [1.165, 1.54) is 0 Å². The Bertz CT molecular complexity index is 615. The Labute approximate surface area is 130 Å². The highest BCUT2D eigenvalue weighted by Crippen LogP contribution is 2.15. The minimum atomic E-state index is 0.810. The van der Waals surface area contributed by atoms with Crippen molar-refractivity contribution in [2.24, 2.45) is 7.05 Å². The van der Waals surface area contributed by atoms with Crippen LogP contribution in [0.25, 0.3) is 0 Å². The second kappa shape index (κ2) is 6.27. The number of aromatic nitrogens is 5. The van der Waals surface area contributed by atoms with E-state index in [0.717, 1.165) is 50.3 Å². The molecule has 0 saturated carbocycles. The molecule has 1 fully saturated rings. The zero-order valence-electron chi connectivity index (χ0n) is 13.3. The van der Waals surface area contributed by atoms with E-state index in [1.807, 2.05) is 43.0 Å². The molecule has 0 radical (unpaired) electrons. The summed E-state index contributed by atoms with van der Waals surface area (Å²) >= 11 is 0. The molecule has 0 aliphatic carbocycles. The van der Waals surface area contributed by atoms with Crippen LogP contribution in [0, 0.1) is 0 Å². The van der Waals surface area contributed by atoms with E-state index in [2.05, 4.69) is 29.9 Å². The Morgan fingerprint density at radius 3 is 2.55 bits per heavy atom. The first-order chi connectivity index (χ1) is 10.6. The number of hydrogen-bond acceptors (Lipinski definition) is 7. The molecule has 0 unspecified atom stereocenters. The maximum Gasteiger partial charge on any atom is 0.227 e. The average Bonchev–Trinajstić information content (AvgIpc) is 2.93. The Balaban J connectivity index is 1.60. The quantitative estimate of drug-likeness (QED) is 0.787. The van der Waals surface area contributed by atoms with Gasteiger partial charge in [0.05, 0.1) is 6.54 Å². The molecule has 2 aromatic rings. The van der Waals surface area contributed by atoms with Crippen molar-refractivity contribution in [3.8, 4) is 0 Å². The summed E-state index contributed by atoms with van der Waals surface area (Å²) in [6, 6.07) is 1.92. The Kier molecular flexibility index (Phi) is 4.19. The van der Waals surface area contributed by atoms with Gasteiger partial charge in [0, 0.05) is 53.5 Å². The van der Waals surface area contributed by atoms with Crippen molar-refractivity contribution < 1.29 is 0 Å². The van der Waals surface area contributed by atoms with Crippen molar-refractivity contribution in [2.75, 3.05) is 50.1 Å². The third-order valence-corrected chi connectivity index (χ3v) is 3.91. The van der Waals surface area contributed by atoms with E-state index in [4.69, 9.17) is 0 Å². The summed E-state index contributed by atoms with van der Waals surface area (Å²) in [6.07, 6.45) is 3.43. The molecule has 2 aromatic heterocycles. The van der Waals surface area contributed by atoms with E-state index < -0.39 is 0 Å². The summed E-state index contributed by atoms with van der Waals surface area (Å²) in [5.74, 6) is 2.75. The summed E-state index contributed by atoms with van der Waals surface area (Å²) in [5, 5.41) is 4.11. The fourth-order valence-corrected chi connectivity index (χ4v) is 2.51. The first-order valence-electron chi connectivity index (χ1n) is 7.44. The minimum absolute atomic E-state index is 0.810. The minimum Gasteiger partial charge on any atom is -0.363 e. The Morgan fingerprint density at radius 2 is 1.91 bits per heavy atom. The third-order valence-electron chi connectivity index (χ3n) is 3.91. The largest absolute Gasteiger partial charge is 0.363 e. The van der Waals surface area contributed by atoms with Crippen molar-refractivity contribution in [1.29, 1.82) is 0 Å². The van der Waals surface area contributed by atoms with Crippen molar-refractivity contribution in [3.05, 3.63) is 24.4 Å². The van der Waals surface area contributed by atoms with Gasteiger partial charge in [-0.15, -0.1) is 0 Å². The van der Waals surface area contributed by atoms with Gasteiger partial charge in [-0.25, -0.2) is 9.97 Å². The van der Waals surface area contributed by atoms with E-state index in [1.54, 1.807) is 6.33 Å². The average molecular weight is 302 g/mol. The van der Waals surface area contributed by atoms with Crippen LogP contribution in [-0.2, 0) is 13.6 Å². The van der Waals surface area contributed by atoms with E-state index >= 15 is 0 Å². The second-order valence-corrected chi connectivity index (χ2v) is 5.67. The fourth-order valence-electron chi connectivity index (χ4n) is 2.51. The van der Waals surface area contributed by atoms with Crippen LogP contribution in [-0.4, -0.2) is 69.9 Å². The van der Waals surface area contributed by atoms with Crippen LogP contribution in [0.15, 0.2) is 18.6 Å². The standard InChI is InChI=1S/C14H22N8/c1-19(2)12-4-5-15-14(18-12)22-8-6-21(7-9-22)10-13-16-11-17-20(13)3/h4-5,11H,6-10H2,1-3H3. The Morgan fingerprint density at radius 1 is 1.14 bits per heavy atom. The van der Waals surface area contributed by atoms with E-state index in [9.17, 15) is 0 Å². The highest BCUT2D eigenvalue weighted by Gasteiger charge is 2.20. The van der Waals surface area contributed by atoms with Gasteiger partial charge in [-0.05, 0) is 6.07 Å². The van der Waals surface area contributed by atoms with Crippen molar-refractivity contribution in [2.45, 2.75) is 6.54 Å². The molecule has 3 heterocycles. The van der Waals surface area contributed by atoms with Crippen LogP contribution in [0.5, 0.6) is 0 Å². The lowest BCUT2D eigenvalue weighted by molar-refractivity contribution is 0.239. The molecule has 1 aliphatic heterocycles. The number of aryl methyl sites for hydroxylation is 1. The van der Waals surface area contributed by atoms with Gasteiger partial charge in [-0.3, -0.25) is 9.58 Å². The number of rotatable bonds is 4. The summed E-state index contributed by atoms with van der Waals surface area (Å²) in [7, 11) is 5.91. The van der Waals surface area contributed by atoms with Crippen LogP contribution in [0.3, 0.4) is 0 Å². The molecular formula is C14H22N8. The van der Waals surface area contributed by atoms with Gasteiger partial charge in [0.15, 0.2) is 0 Å². The monoisotopic (exact) mass is 302 g/mol. The lowest BCUT2D eigenvalue weighted by Gasteiger charge is -2.34. The summed E-state index contributed by atoms with van der Waals surface area (Å²) in [4.78, 5) is 19.9. The van der Waals surface area contributed by atoms with Crippen molar-refractivity contribution >= 4 is 11.8 Å². The maximum absolute atomic E-state index is 4.61. The molecular weight excluding hydrogens is 280 g/mol. The molecule has 0 bridgehead atoms. The molecule has 0 N–H and O–H groups in total. The van der Waals surface area contributed by atoms with E-state index in [0.29, 0.717) is 0 Å². The SMILES string of the molecule is CN(C)c1ccnc(N2CCN(Cc3ncnn3C)CC2)n1. The molecule has 0 aromatic carbocycles. The molecule has 118 valence electrons. The topological polar surface area (TPSA) is 66.2 Å². The number of piperazine rings is 1. The highest BCUT2D eigenvalue weighted by molar-refractivity contribution is 5.42. The Hall–Kier alpha value is -2.22. The van der Waals surface area contributed by atoms with Gasteiger partial charge in [-0.1, -0.05) is 0 Å². The van der Waals surface area contributed by atoms with Gasteiger partial charge in [0.25, 0.3) is 0 Å². The van der Waals surface area contributed by atoms with Gasteiger partial charge < -0.3 is 9.80 Å². The molecule has 8 heteroatoms. The first kappa shape index (κ1) is 14.7. The van der Waals surface area contributed by atoms with Crippen LogP contribution in [0.1, 0.15) is 5.82 Å². The molecule has 0 atom stereocenters.